The normalized spacial score (nSPS) is 18.0. The van der Waals surface area contributed by atoms with Gasteiger partial charge in [0.1, 0.15) is 5.75 Å². The van der Waals surface area contributed by atoms with Crippen molar-refractivity contribution in [2.24, 2.45) is 5.41 Å². The highest BCUT2D eigenvalue weighted by Crippen LogP contribution is 2.39. The van der Waals surface area contributed by atoms with Crippen molar-refractivity contribution < 1.29 is 9.90 Å². The van der Waals surface area contributed by atoms with E-state index in [4.69, 9.17) is 0 Å². The third-order valence-electron chi connectivity index (χ3n) is 3.66. The molecule has 1 fully saturated rings. The molecule has 0 atom stereocenters. The Morgan fingerprint density at radius 2 is 2.00 bits per heavy atom. The average Bonchev–Trinajstić information content (AvgIpc) is 2.71. The van der Waals surface area contributed by atoms with Gasteiger partial charge in [-0.05, 0) is 37.5 Å². The second-order valence-corrected chi connectivity index (χ2v) is 5.24. The summed E-state index contributed by atoms with van der Waals surface area (Å²) in [5.41, 5.74) is 1.22. The van der Waals surface area contributed by atoms with Gasteiger partial charge in [-0.15, -0.1) is 0 Å². The van der Waals surface area contributed by atoms with Crippen LogP contribution in [0.5, 0.6) is 5.75 Å². The number of carbonyl (C=O) groups excluding carboxylic acids is 1. The number of hydrogen-bond donors (Lipinski definition) is 2. The molecule has 3 heteroatoms. The van der Waals surface area contributed by atoms with Gasteiger partial charge in [0.2, 0.25) is 5.91 Å². The number of hydrogen-bond acceptors (Lipinski definition) is 2. The number of phenolic OH excluding ortho intramolecular Hbond substituents is 1. The molecule has 1 aromatic rings. The van der Waals surface area contributed by atoms with Gasteiger partial charge in [0.15, 0.2) is 0 Å². The first kappa shape index (κ1) is 12.0. The zero-order valence-electron chi connectivity index (χ0n) is 10.4. The fourth-order valence-electron chi connectivity index (χ4n) is 2.40. The van der Waals surface area contributed by atoms with Gasteiger partial charge >= 0.3 is 0 Å². The van der Waals surface area contributed by atoms with Crippen LogP contribution >= 0.6 is 0 Å². The molecule has 0 saturated heterocycles. The zero-order chi connectivity index (χ0) is 12.5. The van der Waals surface area contributed by atoms with Gasteiger partial charge < -0.3 is 10.4 Å². The Morgan fingerprint density at radius 1 is 1.35 bits per heavy atom. The average molecular weight is 233 g/mol. The highest BCUT2D eigenvalue weighted by atomic mass is 16.3. The number of rotatable bonds is 2. The fraction of sp³-hybridized carbons (Fsp3) is 0.500. The van der Waals surface area contributed by atoms with Gasteiger partial charge in [0.25, 0.3) is 0 Å². The molecule has 0 spiro atoms. The molecule has 0 heterocycles. The molecule has 1 aliphatic rings. The van der Waals surface area contributed by atoms with Crippen LogP contribution in [0, 0.1) is 12.3 Å². The predicted molar refractivity (Wildman–Crippen MR) is 68.0 cm³/mol. The standard InChI is InChI=1S/C14H19NO2/c1-10-5-6-11(12(16)9-10)15-13(17)14(2)7-3-4-8-14/h5-6,9,16H,3-4,7-8H2,1-2H3,(H,15,17). The summed E-state index contributed by atoms with van der Waals surface area (Å²) in [6, 6.07) is 5.29. The van der Waals surface area contributed by atoms with Crippen LogP contribution in [-0.4, -0.2) is 11.0 Å². The molecule has 1 saturated carbocycles. The summed E-state index contributed by atoms with van der Waals surface area (Å²) < 4.78 is 0. The van der Waals surface area contributed by atoms with Crippen molar-refractivity contribution in [3.8, 4) is 5.75 Å². The maximum Gasteiger partial charge on any atom is 0.230 e. The molecule has 0 radical (unpaired) electrons. The molecular weight excluding hydrogens is 214 g/mol. The maximum atomic E-state index is 12.2. The van der Waals surface area contributed by atoms with E-state index in [-0.39, 0.29) is 17.1 Å². The summed E-state index contributed by atoms with van der Waals surface area (Å²) in [5, 5.41) is 12.6. The lowest BCUT2D eigenvalue weighted by Crippen LogP contribution is -2.30. The van der Waals surface area contributed by atoms with Crippen LogP contribution in [0.1, 0.15) is 38.2 Å². The van der Waals surface area contributed by atoms with E-state index in [9.17, 15) is 9.90 Å². The Balaban J connectivity index is 2.13. The van der Waals surface area contributed by atoms with Crippen molar-refractivity contribution in [2.45, 2.75) is 39.5 Å². The van der Waals surface area contributed by atoms with Crippen molar-refractivity contribution >= 4 is 11.6 Å². The van der Waals surface area contributed by atoms with Crippen LogP contribution in [0.25, 0.3) is 0 Å². The minimum absolute atomic E-state index is 0.0224. The maximum absolute atomic E-state index is 12.2. The molecule has 2 N–H and O–H groups in total. The molecule has 0 bridgehead atoms. The molecule has 1 aromatic carbocycles. The Hall–Kier alpha value is -1.51. The van der Waals surface area contributed by atoms with Crippen molar-refractivity contribution in [3.63, 3.8) is 0 Å². The van der Waals surface area contributed by atoms with Gasteiger partial charge in [0, 0.05) is 5.41 Å². The summed E-state index contributed by atoms with van der Waals surface area (Å²) in [4.78, 5) is 12.2. The van der Waals surface area contributed by atoms with Crippen LogP contribution in [0.15, 0.2) is 18.2 Å². The van der Waals surface area contributed by atoms with E-state index < -0.39 is 0 Å². The first-order chi connectivity index (χ1) is 8.01. The van der Waals surface area contributed by atoms with Crippen LogP contribution < -0.4 is 5.32 Å². The number of benzene rings is 1. The molecule has 0 aromatic heterocycles. The minimum atomic E-state index is -0.267. The van der Waals surface area contributed by atoms with Gasteiger partial charge in [-0.25, -0.2) is 0 Å². The second-order valence-electron chi connectivity index (χ2n) is 5.24. The Kier molecular flexibility index (Phi) is 3.09. The monoisotopic (exact) mass is 233 g/mol. The van der Waals surface area contributed by atoms with Gasteiger partial charge in [-0.1, -0.05) is 25.8 Å². The number of aryl methyl sites for hydroxylation is 1. The summed E-state index contributed by atoms with van der Waals surface area (Å²) in [6.45, 7) is 3.91. The molecule has 1 aliphatic carbocycles. The van der Waals surface area contributed by atoms with Crippen LogP contribution in [0.4, 0.5) is 5.69 Å². The van der Waals surface area contributed by atoms with Gasteiger partial charge in [-0.3, -0.25) is 4.79 Å². The zero-order valence-corrected chi connectivity index (χ0v) is 10.4. The third kappa shape index (κ3) is 2.43. The van der Waals surface area contributed by atoms with Crippen molar-refractivity contribution in [1.82, 2.24) is 0 Å². The first-order valence-corrected chi connectivity index (χ1v) is 6.12. The topological polar surface area (TPSA) is 49.3 Å². The lowest BCUT2D eigenvalue weighted by Gasteiger charge is -2.22. The smallest absolute Gasteiger partial charge is 0.230 e. The molecular formula is C14H19NO2. The Morgan fingerprint density at radius 3 is 2.59 bits per heavy atom. The number of aromatic hydroxyl groups is 1. The molecule has 2 rings (SSSR count). The van der Waals surface area contributed by atoms with E-state index in [1.807, 2.05) is 19.9 Å². The number of amides is 1. The summed E-state index contributed by atoms with van der Waals surface area (Å²) >= 11 is 0. The van der Waals surface area contributed by atoms with E-state index in [1.165, 1.54) is 0 Å². The van der Waals surface area contributed by atoms with E-state index in [1.54, 1.807) is 12.1 Å². The highest BCUT2D eigenvalue weighted by molar-refractivity contribution is 5.96. The van der Waals surface area contributed by atoms with Gasteiger partial charge in [0.05, 0.1) is 5.69 Å². The van der Waals surface area contributed by atoms with Crippen molar-refractivity contribution in [3.05, 3.63) is 23.8 Å². The largest absolute Gasteiger partial charge is 0.506 e. The van der Waals surface area contributed by atoms with E-state index in [2.05, 4.69) is 5.32 Å². The fourth-order valence-corrected chi connectivity index (χ4v) is 2.40. The predicted octanol–water partition coefficient (Wildman–Crippen LogP) is 3.22. The van der Waals surface area contributed by atoms with Crippen LogP contribution in [-0.2, 0) is 4.79 Å². The Bertz CT molecular complexity index is 434. The lowest BCUT2D eigenvalue weighted by molar-refractivity contribution is -0.124. The molecule has 1 amide bonds. The SMILES string of the molecule is Cc1ccc(NC(=O)C2(C)CCCC2)c(O)c1. The minimum Gasteiger partial charge on any atom is -0.506 e. The summed E-state index contributed by atoms with van der Waals surface area (Å²) in [6.07, 6.45) is 4.10. The quantitative estimate of drug-likeness (QED) is 0.770. The number of carbonyl (C=O) groups is 1. The third-order valence-corrected chi connectivity index (χ3v) is 3.66. The molecule has 92 valence electrons. The number of anilines is 1. The Labute approximate surface area is 102 Å². The number of phenols is 1. The molecule has 17 heavy (non-hydrogen) atoms. The molecule has 3 nitrogen and oxygen atoms in total. The lowest BCUT2D eigenvalue weighted by atomic mass is 9.88. The van der Waals surface area contributed by atoms with Crippen LogP contribution in [0.2, 0.25) is 0 Å². The van der Waals surface area contributed by atoms with Crippen LogP contribution in [0.3, 0.4) is 0 Å². The van der Waals surface area contributed by atoms with E-state index >= 15 is 0 Å². The molecule has 0 aliphatic heterocycles. The molecule has 0 unspecified atom stereocenters. The first-order valence-electron chi connectivity index (χ1n) is 6.12. The summed E-state index contributed by atoms with van der Waals surface area (Å²) in [7, 11) is 0. The van der Waals surface area contributed by atoms with Crippen molar-refractivity contribution in [2.75, 3.05) is 5.32 Å². The van der Waals surface area contributed by atoms with E-state index in [0.29, 0.717) is 5.69 Å². The second kappa shape index (κ2) is 4.40. The number of nitrogens with one attached hydrogen (secondary N) is 1. The van der Waals surface area contributed by atoms with Crippen molar-refractivity contribution in [1.29, 1.82) is 0 Å². The van der Waals surface area contributed by atoms with E-state index in [0.717, 1.165) is 31.2 Å². The highest BCUT2D eigenvalue weighted by Gasteiger charge is 2.36. The summed E-state index contributed by atoms with van der Waals surface area (Å²) in [5.74, 6) is 0.161. The van der Waals surface area contributed by atoms with Gasteiger partial charge in [-0.2, -0.15) is 0 Å².